The number of carbonyl (C=O) groups is 2. The van der Waals surface area contributed by atoms with Gasteiger partial charge in [0, 0.05) is 30.9 Å². The highest BCUT2D eigenvalue weighted by Crippen LogP contribution is 2.30. The number of methoxy groups -OCH3 is 1. The molecule has 0 aromatic heterocycles. The average molecular weight is 413 g/mol. The molecule has 0 spiro atoms. The largest absolute Gasteiger partial charge is 0.493 e. The standard InChI is InChI=1S/C21H27N5O4/c1-4-30-17-10-9-16(11-18(17)29-3)26-21(23-2)25-12-14-5-7-15(8-6-14)20(28)24-13-19(22)27/h5-11H,4,12-13H2,1-3H3,(H2,22,27)(H,24,28)(H2,23,25,26). The van der Waals surface area contributed by atoms with Crippen molar-refractivity contribution in [3.63, 3.8) is 0 Å². The van der Waals surface area contributed by atoms with Crippen LogP contribution in [-0.2, 0) is 11.3 Å². The third-order valence-electron chi connectivity index (χ3n) is 4.05. The van der Waals surface area contributed by atoms with Gasteiger partial charge in [-0.15, -0.1) is 0 Å². The van der Waals surface area contributed by atoms with Gasteiger partial charge in [0.15, 0.2) is 17.5 Å². The van der Waals surface area contributed by atoms with Crippen LogP contribution >= 0.6 is 0 Å². The second kappa shape index (κ2) is 11.3. The number of primary amides is 1. The van der Waals surface area contributed by atoms with Crippen LogP contribution in [0.5, 0.6) is 11.5 Å². The minimum atomic E-state index is -0.590. The van der Waals surface area contributed by atoms with Crippen molar-refractivity contribution in [3.05, 3.63) is 53.6 Å². The highest BCUT2D eigenvalue weighted by atomic mass is 16.5. The van der Waals surface area contributed by atoms with E-state index < -0.39 is 5.91 Å². The van der Waals surface area contributed by atoms with Crippen LogP contribution < -0.4 is 31.2 Å². The average Bonchev–Trinajstić information content (AvgIpc) is 2.76. The highest BCUT2D eigenvalue weighted by molar-refractivity contribution is 5.96. The van der Waals surface area contributed by atoms with Crippen molar-refractivity contribution in [2.24, 2.45) is 10.7 Å². The van der Waals surface area contributed by atoms with E-state index in [0.717, 1.165) is 11.3 Å². The molecule has 0 saturated heterocycles. The minimum Gasteiger partial charge on any atom is -0.493 e. The maximum atomic E-state index is 11.9. The lowest BCUT2D eigenvalue weighted by Crippen LogP contribution is -2.33. The van der Waals surface area contributed by atoms with Crippen molar-refractivity contribution in [3.8, 4) is 11.5 Å². The molecule has 0 heterocycles. The van der Waals surface area contributed by atoms with Crippen molar-refractivity contribution in [2.75, 3.05) is 32.6 Å². The van der Waals surface area contributed by atoms with Crippen LogP contribution in [0.4, 0.5) is 5.69 Å². The first-order valence-corrected chi connectivity index (χ1v) is 9.40. The Bertz CT molecular complexity index is 897. The highest BCUT2D eigenvalue weighted by Gasteiger charge is 2.08. The number of amides is 2. The second-order valence-electron chi connectivity index (χ2n) is 6.20. The first-order valence-electron chi connectivity index (χ1n) is 9.40. The SMILES string of the molecule is CCOc1ccc(NC(=NC)NCc2ccc(C(=O)NCC(N)=O)cc2)cc1OC. The number of nitrogens with zero attached hydrogens (tertiary/aromatic N) is 1. The van der Waals surface area contributed by atoms with Gasteiger partial charge in [-0.1, -0.05) is 12.1 Å². The molecule has 0 aliphatic heterocycles. The molecule has 5 N–H and O–H groups in total. The number of rotatable bonds is 9. The van der Waals surface area contributed by atoms with E-state index in [4.69, 9.17) is 15.2 Å². The summed E-state index contributed by atoms with van der Waals surface area (Å²) in [5.41, 5.74) is 7.22. The van der Waals surface area contributed by atoms with Gasteiger partial charge < -0.3 is 31.2 Å². The van der Waals surface area contributed by atoms with Gasteiger partial charge >= 0.3 is 0 Å². The summed E-state index contributed by atoms with van der Waals surface area (Å²) in [6.07, 6.45) is 0. The van der Waals surface area contributed by atoms with Gasteiger partial charge in [0.1, 0.15) is 0 Å². The fourth-order valence-corrected chi connectivity index (χ4v) is 2.57. The summed E-state index contributed by atoms with van der Waals surface area (Å²) in [5.74, 6) is 0.934. The van der Waals surface area contributed by atoms with Crippen LogP contribution in [0.2, 0.25) is 0 Å². The van der Waals surface area contributed by atoms with E-state index in [-0.39, 0.29) is 12.5 Å². The van der Waals surface area contributed by atoms with E-state index in [1.54, 1.807) is 26.3 Å². The lowest BCUT2D eigenvalue weighted by atomic mass is 10.1. The first kappa shape index (κ1) is 22.5. The zero-order valence-electron chi connectivity index (χ0n) is 17.3. The van der Waals surface area contributed by atoms with Crippen LogP contribution in [0.3, 0.4) is 0 Å². The second-order valence-corrected chi connectivity index (χ2v) is 6.20. The molecule has 0 unspecified atom stereocenters. The predicted molar refractivity (Wildman–Crippen MR) is 116 cm³/mol. The lowest BCUT2D eigenvalue weighted by Gasteiger charge is -2.15. The van der Waals surface area contributed by atoms with E-state index in [2.05, 4.69) is 20.9 Å². The Balaban J connectivity index is 1.94. The third kappa shape index (κ3) is 6.69. The number of ether oxygens (including phenoxy) is 2. The summed E-state index contributed by atoms with van der Waals surface area (Å²) >= 11 is 0. The van der Waals surface area contributed by atoms with E-state index >= 15 is 0 Å². The zero-order chi connectivity index (χ0) is 21.9. The summed E-state index contributed by atoms with van der Waals surface area (Å²) in [4.78, 5) is 26.9. The minimum absolute atomic E-state index is 0.194. The van der Waals surface area contributed by atoms with Crippen LogP contribution in [-0.4, -0.2) is 45.1 Å². The summed E-state index contributed by atoms with van der Waals surface area (Å²) in [5, 5.41) is 8.85. The van der Waals surface area contributed by atoms with Gasteiger partial charge in [0.05, 0.1) is 20.3 Å². The van der Waals surface area contributed by atoms with Gasteiger partial charge in [0.25, 0.3) is 5.91 Å². The quantitative estimate of drug-likeness (QED) is 0.364. The summed E-state index contributed by atoms with van der Waals surface area (Å²) in [7, 11) is 3.26. The molecule has 30 heavy (non-hydrogen) atoms. The smallest absolute Gasteiger partial charge is 0.251 e. The Morgan fingerprint density at radius 3 is 2.40 bits per heavy atom. The molecule has 0 bridgehead atoms. The molecule has 9 nitrogen and oxygen atoms in total. The third-order valence-corrected chi connectivity index (χ3v) is 4.05. The monoisotopic (exact) mass is 413 g/mol. The molecule has 0 aliphatic rings. The summed E-state index contributed by atoms with van der Waals surface area (Å²) in [6, 6.07) is 12.5. The fourth-order valence-electron chi connectivity index (χ4n) is 2.57. The Morgan fingerprint density at radius 1 is 1.07 bits per heavy atom. The summed E-state index contributed by atoms with van der Waals surface area (Å²) < 4.78 is 10.9. The Morgan fingerprint density at radius 2 is 1.80 bits per heavy atom. The van der Waals surface area contributed by atoms with Crippen LogP contribution in [0.25, 0.3) is 0 Å². The molecule has 160 valence electrons. The molecular weight excluding hydrogens is 386 g/mol. The van der Waals surface area contributed by atoms with Crippen molar-refractivity contribution in [1.82, 2.24) is 10.6 Å². The van der Waals surface area contributed by atoms with Gasteiger partial charge in [-0.25, -0.2) is 0 Å². The van der Waals surface area contributed by atoms with E-state index in [0.29, 0.717) is 36.2 Å². The van der Waals surface area contributed by atoms with Gasteiger partial charge in [-0.2, -0.15) is 0 Å². The maximum Gasteiger partial charge on any atom is 0.251 e. The van der Waals surface area contributed by atoms with Crippen molar-refractivity contribution in [2.45, 2.75) is 13.5 Å². The molecule has 2 aromatic rings. The molecule has 9 heteroatoms. The zero-order valence-corrected chi connectivity index (χ0v) is 17.3. The number of anilines is 1. The van der Waals surface area contributed by atoms with Gasteiger partial charge in [-0.3, -0.25) is 14.6 Å². The molecule has 0 atom stereocenters. The van der Waals surface area contributed by atoms with E-state index in [1.807, 2.05) is 37.3 Å². The first-order chi connectivity index (χ1) is 14.5. The van der Waals surface area contributed by atoms with E-state index in [1.165, 1.54) is 0 Å². The number of carbonyl (C=O) groups excluding carboxylic acids is 2. The number of nitrogens with one attached hydrogen (secondary N) is 3. The molecule has 2 aromatic carbocycles. The number of nitrogens with two attached hydrogens (primary N) is 1. The Labute approximate surface area is 175 Å². The Hall–Kier alpha value is -3.75. The lowest BCUT2D eigenvalue weighted by molar-refractivity contribution is -0.117. The number of benzene rings is 2. The fraction of sp³-hybridized carbons (Fsp3) is 0.286. The van der Waals surface area contributed by atoms with E-state index in [9.17, 15) is 9.59 Å². The molecular formula is C21H27N5O4. The van der Waals surface area contributed by atoms with Gasteiger partial charge in [-0.05, 0) is 36.8 Å². The topological polar surface area (TPSA) is 127 Å². The number of guanidine groups is 1. The molecule has 2 rings (SSSR count). The predicted octanol–water partition coefficient (Wildman–Crippen LogP) is 1.50. The maximum absolute atomic E-state index is 11.9. The number of aliphatic imine (C=N–C) groups is 1. The molecule has 2 amide bonds. The van der Waals surface area contributed by atoms with Crippen molar-refractivity contribution < 1.29 is 19.1 Å². The molecule has 0 fully saturated rings. The van der Waals surface area contributed by atoms with Crippen molar-refractivity contribution >= 4 is 23.5 Å². The van der Waals surface area contributed by atoms with Crippen LogP contribution in [0.1, 0.15) is 22.8 Å². The van der Waals surface area contributed by atoms with Gasteiger partial charge in [0.2, 0.25) is 5.91 Å². The molecule has 0 saturated carbocycles. The molecule has 0 radical (unpaired) electrons. The van der Waals surface area contributed by atoms with Crippen LogP contribution in [0, 0.1) is 0 Å². The summed E-state index contributed by atoms with van der Waals surface area (Å²) in [6.45, 7) is 2.77. The van der Waals surface area contributed by atoms with Crippen LogP contribution in [0.15, 0.2) is 47.5 Å². The normalized spacial score (nSPS) is 10.8. The number of hydrogen-bond acceptors (Lipinski definition) is 5. The number of hydrogen-bond donors (Lipinski definition) is 4. The molecule has 0 aliphatic carbocycles. The van der Waals surface area contributed by atoms with Crippen molar-refractivity contribution in [1.29, 1.82) is 0 Å². The Kier molecular flexibility index (Phi) is 8.49.